The highest BCUT2D eigenvalue weighted by molar-refractivity contribution is 5.32. The van der Waals surface area contributed by atoms with Crippen molar-refractivity contribution >= 4 is 0 Å². The van der Waals surface area contributed by atoms with Gasteiger partial charge in [-0.25, -0.2) is 0 Å². The molecule has 96 valence electrons. The molecule has 0 saturated heterocycles. The number of nitrogens with two attached hydrogens (primary N) is 1. The summed E-state index contributed by atoms with van der Waals surface area (Å²) >= 11 is 0. The van der Waals surface area contributed by atoms with Crippen molar-refractivity contribution in [2.75, 3.05) is 7.11 Å². The average Bonchev–Trinajstić information content (AvgIpc) is 2.35. The lowest BCUT2D eigenvalue weighted by Gasteiger charge is -2.25. The summed E-state index contributed by atoms with van der Waals surface area (Å²) in [5, 5.41) is 0. The van der Waals surface area contributed by atoms with Crippen molar-refractivity contribution < 1.29 is 4.74 Å². The van der Waals surface area contributed by atoms with Gasteiger partial charge in [-0.1, -0.05) is 44.7 Å². The summed E-state index contributed by atoms with van der Waals surface area (Å²) in [6, 6.07) is 8.09. The van der Waals surface area contributed by atoms with Crippen LogP contribution in [0.1, 0.15) is 51.5 Å². The zero-order valence-electron chi connectivity index (χ0n) is 11.3. The summed E-state index contributed by atoms with van der Waals surface area (Å²) in [5.41, 5.74) is 7.30. The molecule has 0 heterocycles. The molecule has 0 aliphatic carbocycles. The normalized spacial score (nSPS) is 14.4. The number of hydrogen-bond acceptors (Lipinski definition) is 2. The lowest BCUT2D eigenvalue weighted by molar-refractivity contribution is 0.402. The zero-order valence-corrected chi connectivity index (χ0v) is 11.3. The highest BCUT2D eigenvalue weighted by Gasteiger charge is 2.20. The van der Waals surface area contributed by atoms with Gasteiger partial charge in [-0.3, -0.25) is 0 Å². The number of benzene rings is 1. The molecular weight excluding hydrogens is 210 g/mol. The molecule has 0 saturated carbocycles. The molecular formula is C15H25NO. The van der Waals surface area contributed by atoms with Gasteiger partial charge in [0.05, 0.1) is 7.11 Å². The van der Waals surface area contributed by atoms with Crippen molar-refractivity contribution in [1.82, 2.24) is 0 Å². The van der Waals surface area contributed by atoms with Gasteiger partial charge in [-0.05, 0) is 31.0 Å². The van der Waals surface area contributed by atoms with Crippen LogP contribution in [0.3, 0.4) is 0 Å². The molecule has 1 aromatic carbocycles. The number of unbranched alkanes of at least 4 members (excludes halogenated alkanes) is 3. The number of rotatable bonds is 7. The van der Waals surface area contributed by atoms with Crippen LogP contribution < -0.4 is 10.5 Å². The zero-order chi connectivity index (χ0) is 12.7. The van der Waals surface area contributed by atoms with Crippen LogP contribution in [0, 0.1) is 0 Å². The summed E-state index contributed by atoms with van der Waals surface area (Å²) < 4.78 is 5.24. The van der Waals surface area contributed by atoms with E-state index in [0.29, 0.717) is 0 Å². The Balaban J connectivity index is 2.61. The monoisotopic (exact) mass is 235 g/mol. The Morgan fingerprint density at radius 3 is 2.65 bits per heavy atom. The molecule has 0 radical (unpaired) electrons. The first-order chi connectivity index (χ1) is 8.10. The summed E-state index contributed by atoms with van der Waals surface area (Å²) in [6.45, 7) is 4.33. The molecule has 2 nitrogen and oxygen atoms in total. The van der Waals surface area contributed by atoms with E-state index in [1.54, 1.807) is 7.11 Å². The Bertz CT molecular complexity index is 333. The molecule has 1 unspecified atom stereocenters. The predicted octanol–water partition coefficient (Wildman–Crippen LogP) is 3.84. The van der Waals surface area contributed by atoms with E-state index in [1.807, 2.05) is 18.2 Å². The fourth-order valence-corrected chi connectivity index (χ4v) is 2.04. The van der Waals surface area contributed by atoms with Crippen molar-refractivity contribution in [2.24, 2.45) is 5.73 Å². The third kappa shape index (κ3) is 4.39. The van der Waals surface area contributed by atoms with Crippen LogP contribution in [0.4, 0.5) is 0 Å². The maximum atomic E-state index is 6.39. The van der Waals surface area contributed by atoms with E-state index in [-0.39, 0.29) is 5.54 Å². The van der Waals surface area contributed by atoms with Gasteiger partial charge >= 0.3 is 0 Å². The topological polar surface area (TPSA) is 35.2 Å². The Labute approximate surface area is 105 Å². The Morgan fingerprint density at radius 2 is 2.00 bits per heavy atom. The molecule has 1 aromatic rings. The minimum Gasteiger partial charge on any atom is -0.497 e. The third-order valence-corrected chi connectivity index (χ3v) is 3.28. The minimum absolute atomic E-state index is 0.248. The van der Waals surface area contributed by atoms with Gasteiger partial charge in [0, 0.05) is 5.54 Å². The Morgan fingerprint density at radius 1 is 1.24 bits per heavy atom. The van der Waals surface area contributed by atoms with Crippen LogP contribution in [-0.2, 0) is 5.54 Å². The van der Waals surface area contributed by atoms with Gasteiger partial charge in [0.25, 0.3) is 0 Å². The van der Waals surface area contributed by atoms with Gasteiger partial charge in [0.1, 0.15) is 5.75 Å². The van der Waals surface area contributed by atoms with Crippen molar-refractivity contribution in [2.45, 2.75) is 51.5 Å². The van der Waals surface area contributed by atoms with E-state index in [0.717, 1.165) is 17.7 Å². The van der Waals surface area contributed by atoms with Gasteiger partial charge in [0.15, 0.2) is 0 Å². The molecule has 17 heavy (non-hydrogen) atoms. The van der Waals surface area contributed by atoms with E-state index in [4.69, 9.17) is 10.5 Å². The first kappa shape index (κ1) is 14.0. The number of hydrogen-bond donors (Lipinski definition) is 1. The molecule has 2 N–H and O–H groups in total. The maximum Gasteiger partial charge on any atom is 0.119 e. The molecule has 0 spiro atoms. The summed E-state index contributed by atoms with van der Waals surface area (Å²) in [4.78, 5) is 0. The lowest BCUT2D eigenvalue weighted by Crippen LogP contribution is -2.32. The van der Waals surface area contributed by atoms with E-state index in [1.165, 1.54) is 25.7 Å². The van der Waals surface area contributed by atoms with Gasteiger partial charge in [-0.15, -0.1) is 0 Å². The SMILES string of the molecule is CCCCCCC(C)(N)c1cccc(OC)c1. The minimum atomic E-state index is -0.248. The smallest absolute Gasteiger partial charge is 0.119 e. The Kier molecular flexibility index (Phi) is 5.49. The van der Waals surface area contributed by atoms with E-state index in [2.05, 4.69) is 19.9 Å². The van der Waals surface area contributed by atoms with Crippen molar-refractivity contribution in [3.05, 3.63) is 29.8 Å². The molecule has 0 fully saturated rings. The molecule has 0 bridgehead atoms. The summed E-state index contributed by atoms with van der Waals surface area (Å²) in [5.74, 6) is 0.882. The summed E-state index contributed by atoms with van der Waals surface area (Å²) in [7, 11) is 1.69. The van der Waals surface area contributed by atoms with Crippen LogP contribution in [0.25, 0.3) is 0 Å². The van der Waals surface area contributed by atoms with Gasteiger partial charge < -0.3 is 10.5 Å². The molecule has 0 amide bonds. The van der Waals surface area contributed by atoms with Crippen LogP contribution >= 0.6 is 0 Å². The van der Waals surface area contributed by atoms with Crippen LogP contribution in [0.2, 0.25) is 0 Å². The molecule has 0 aliphatic heterocycles. The fourth-order valence-electron chi connectivity index (χ4n) is 2.04. The first-order valence-electron chi connectivity index (χ1n) is 6.53. The van der Waals surface area contributed by atoms with E-state index >= 15 is 0 Å². The molecule has 0 aliphatic rings. The highest BCUT2D eigenvalue weighted by atomic mass is 16.5. The van der Waals surface area contributed by atoms with Crippen molar-refractivity contribution in [3.8, 4) is 5.75 Å². The predicted molar refractivity (Wildman–Crippen MR) is 73.3 cm³/mol. The standard InChI is InChI=1S/C15H25NO/c1-4-5-6-7-11-15(2,16)13-9-8-10-14(12-13)17-3/h8-10,12H,4-7,11,16H2,1-3H3. The number of ether oxygens (including phenoxy) is 1. The quantitative estimate of drug-likeness (QED) is 0.729. The summed E-state index contributed by atoms with van der Waals surface area (Å²) in [6.07, 6.45) is 6.06. The molecule has 1 rings (SSSR count). The Hall–Kier alpha value is -1.02. The fraction of sp³-hybridized carbons (Fsp3) is 0.600. The van der Waals surface area contributed by atoms with Gasteiger partial charge in [-0.2, -0.15) is 0 Å². The second-order valence-electron chi connectivity index (χ2n) is 4.96. The second kappa shape index (κ2) is 6.65. The van der Waals surface area contributed by atoms with Crippen molar-refractivity contribution in [3.63, 3.8) is 0 Å². The number of methoxy groups -OCH3 is 1. The second-order valence-corrected chi connectivity index (χ2v) is 4.96. The highest BCUT2D eigenvalue weighted by Crippen LogP contribution is 2.27. The van der Waals surface area contributed by atoms with E-state index in [9.17, 15) is 0 Å². The molecule has 1 atom stereocenters. The van der Waals surface area contributed by atoms with Crippen LogP contribution in [-0.4, -0.2) is 7.11 Å². The van der Waals surface area contributed by atoms with Crippen LogP contribution in [0.15, 0.2) is 24.3 Å². The largest absolute Gasteiger partial charge is 0.497 e. The third-order valence-electron chi connectivity index (χ3n) is 3.28. The maximum absolute atomic E-state index is 6.39. The molecule has 2 heteroatoms. The lowest BCUT2D eigenvalue weighted by atomic mass is 9.87. The van der Waals surface area contributed by atoms with Gasteiger partial charge in [0.2, 0.25) is 0 Å². The molecule has 0 aromatic heterocycles. The van der Waals surface area contributed by atoms with E-state index < -0.39 is 0 Å². The first-order valence-corrected chi connectivity index (χ1v) is 6.53. The average molecular weight is 235 g/mol. The van der Waals surface area contributed by atoms with Crippen molar-refractivity contribution in [1.29, 1.82) is 0 Å². The van der Waals surface area contributed by atoms with Crippen LogP contribution in [0.5, 0.6) is 5.75 Å².